The minimum absolute atomic E-state index is 0.0832. The molecule has 1 aromatic heterocycles. The van der Waals surface area contributed by atoms with Crippen LogP contribution in [0.3, 0.4) is 0 Å². The molecule has 2 aromatic rings. The zero-order valence-electron chi connectivity index (χ0n) is 10.8. The normalized spacial score (nSPS) is 10.2. The molecule has 0 aliphatic heterocycles. The van der Waals surface area contributed by atoms with Gasteiger partial charge in [-0.3, -0.25) is 9.78 Å². The van der Waals surface area contributed by atoms with E-state index in [0.29, 0.717) is 17.7 Å². The summed E-state index contributed by atoms with van der Waals surface area (Å²) in [6.45, 7) is 1.79. The molecule has 0 unspecified atom stereocenters. The smallest absolute Gasteiger partial charge is 0.297 e. The van der Waals surface area contributed by atoms with E-state index in [-0.39, 0.29) is 11.6 Å². The van der Waals surface area contributed by atoms with Crippen LogP contribution in [0.2, 0.25) is 5.15 Å². The Morgan fingerprint density at radius 2 is 1.95 bits per heavy atom. The van der Waals surface area contributed by atoms with E-state index in [9.17, 15) is 9.59 Å². The molecule has 102 valence electrons. The van der Waals surface area contributed by atoms with Gasteiger partial charge in [0.25, 0.3) is 5.56 Å². The van der Waals surface area contributed by atoms with Gasteiger partial charge in [-0.1, -0.05) is 30.7 Å². The number of nitrogens with zero attached hydrogens (tertiary/aromatic N) is 2. The lowest BCUT2D eigenvalue weighted by Gasteiger charge is -2.08. The van der Waals surface area contributed by atoms with Gasteiger partial charge in [-0.05, 0) is 24.1 Å². The molecule has 0 atom stereocenters. The molecule has 6 heteroatoms. The van der Waals surface area contributed by atoms with Crippen LogP contribution in [0.5, 0.6) is 0 Å². The minimum atomic E-state index is -0.578. The summed E-state index contributed by atoms with van der Waals surface area (Å²) in [6.07, 6.45) is 0.716. The number of benzene rings is 1. The number of rotatable bonds is 3. The Morgan fingerprint density at radius 3 is 2.50 bits per heavy atom. The molecule has 0 amide bonds. The number of nitriles is 1. The Balaban J connectivity index is 2.61. The Bertz CT molecular complexity index is 782. The SMILES string of the molecule is CCc1c(Cl)[nH]c(=O)n(-c2ccc(CC#N)cc2)c1=O. The van der Waals surface area contributed by atoms with Crippen LogP contribution in [-0.4, -0.2) is 9.55 Å². The van der Waals surface area contributed by atoms with Crippen molar-refractivity contribution in [2.24, 2.45) is 0 Å². The van der Waals surface area contributed by atoms with Gasteiger partial charge in [0.05, 0.1) is 23.7 Å². The second-order valence-corrected chi connectivity index (χ2v) is 4.60. The number of nitrogens with one attached hydrogen (secondary N) is 1. The molecule has 1 aromatic carbocycles. The molecule has 0 radical (unpaired) electrons. The van der Waals surface area contributed by atoms with Crippen molar-refractivity contribution in [3.63, 3.8) is 0 Å². The number of hydrogen-bond donors (Lipinski definition) is 1. The summed E-state index contributed by atoms with van der Waals surface area (Å²) in [4.78, 5) is 26.6. The molecule has 0 aliphatic carbocycles. The van der Waals surface area contributed by atoms with Gasteiger partial charge in [0.15, 0.2) is 0 Å². The monoisotopic (exact) mass is 289 g/mol. The number of halogens is 1. The highest BCUT2D eigenvalue weighted by Crippen LogP contribution is 2.10. The molecule has 0 saturated heterocycles. The number of H-pyrrole nitrogens is 1. The Labute approximate surface area is 120 Å². The lowest BCUT2D eigenvalue weighted by molar-refractivity contribution is 0.841. The molecule has 20 heavy (non-hydrogen) atoms. The molecule has 0 spiro atoms. The summed E-state index contributed by atoms with van der Waals surface area (Å²) in [5.41, 5.74) is 0.640. The van der Waals surface area contributed by atoms with Gasteiger partial charge in [0.2, 0.25) is 0 Å². The minimum Gasteiger partial charge on any atom is -0.297 e. The molecular weight excluding hydrogens is 278 g/mol. The lowest BCUT2D eigenvalue weighted by atomic mass is 10.1. The number of aromatic nitrogens is 2. The van der Waals surface area contributed by atoms with E-state index in [0.717, 1.165) is 10.1 Å². The van der Waals surface area contributed by atoms with Crippen molar-refractivity contribution in [1.29, 1.82) is 5.26 Å². The van der Waals surface area contributed by atoms with E-state index in [4.69, 9.17) is 16.9 Å². The van der Waals surface area contributed by atoms with Crippen molar-refractivity contribution in [1.82, 2.24) is 9.55 Å². The van der Waals surface area contributed by atoms with Gasteiger partial charge >= 0.3 is 5.69 Å². The fourth-order valence-electron chi connectivity index (χ4n) is 1.94. The van der Waals surface area contributed by atoms with Gasteiger partial charge in [-0.15, -0.1) is 0 Å². The van der Waals surface area contributed by atoms with Crippen LogP contribution >= 0.6 is 11.6 Å². The first-order valence-corrected chi connectivity index (χ1v) is 6.46. The van der Waals surface area contributed by atoms with Gasteiger partial charge in [-0.2, -0.15) is 5.26 Å². The summed E-state index contributed by atoms with van der Waals surface area (Å²) in [6, 6.07) is 8.73. The number of aromatic amines is 1. The van der Waals surface area contributed by atoms with Crippen LogP contribution in [0.1, 0.15) is 18.1 Å². The molecule has 1 N–H and O–H groups in total. The molecule has 5 nitrogen and oxygen atoms in total. The Morgan fingerprint density at radius 1 is 1.30 bits per heavy atom. The molecule has 0 saturated carbocycles. The third-order valence-electron chi connectivity index (χ3n) is 2.98. The zero-order chi connectivity index (χ0) is 14.7. The predicted octanol–water partition coefficient (Wildman–Crippen LogP) is 1.81. The van der Waals surface area contributed by atoms with Crippen molar-refractivity contribution in [2.45, 2.75) is 19.8 Å². The van der Waals surface area contributed by atoms with Crippen molar-refractivity contribution >= 4 is 11.6 Å². The van der Waals surface area contributed by atoms with E-state index in [1.807, 2.05) is 6.07 Å². The predicted molar refractivity (Wildman–Crippen MR) is 76.4 cm³/mol. The Kier molecular flexibility index (Phi) is 4.06. The first-order chi connectivity index (χ1) is 9.58. The van der Waals surface area contributed by atoms with Crippen LogP contribution in [0.25, 0.3) is 5.69 Å². The molecule has 2 rings (SSSR count). The second kappa shape index (κ2) is 5.76. The third-order valence-corrected chi connectivity index (χ3v) is 3.30. The maximum atomic E-state index is 12.3. The second-order valence-electron chi connectivity index (χ2n) is 4.22. The summed E-state index contributed by atoms with van der Waals surface area (Å²) in [5.74, 6) is 0. The zero-order valence-corrected chi connectivity index (χ0v) is 11.6. The third kappa shape index (κ3) is 2.51. The highest BCUT2D eigenvalue weighted by molar-refractivity contribution is 6.30. The molecule has 0 fully saturated rings. The first kappa shape index (κ1) is 14.1. The fourth-order valence-corrected chi connectivity index (χ4v) is 2.24. The topological polar surface area (TPSA) is 78.7 Å². The van der Waals surface area contributed by atoms with E-state index in [2.05, 4.69) is 4.98 Å². The van der Waals surface area contributed by atoms with E-state index in [1.54, 1.807) is 31.2 Å². The van der Waals surface area contributed by atoms with Crippen LogP contribution in [0.4, 0.5) is 0 Å². The highest BCUT2D eigenvalue weighted by Gasteiger charge is 2.12. The van der Waals surface area contributed by atoms with Crippen molar-refractivity contribution in [3.05, 3.63) is 61.4 Å². The van der Waals surface area contributed by atoms with Crippen LogP contribution in [0.15, 0.2) is 33.9 Å². The fraction of sp³-hybridized carbons (Fsp3) is 0.214. The van der Waals surface area contributed by atoms with Crippen molar-refractivity contribution < 1.29 is 0 Å². The van der Waals surface area contributed by atoms with Crippen LogP contribution in [0, 0.1) is 11.3 Å². The van der Waals surface area contributed by atoms with Crippen LogP contribution < -0.4 is 11.2 Å². The lowest BCUT2D eigenvalue weighted by Crippen LogP contribution is -2.36. The molecule has 1 heterocycles. The molecule has 0 bridgehead atoms. The standard InChI is InChI=1S/C14H12ClN3O2/c1-2-11-12(15)17-14(20)18(13(11)19)10-5-3-9(4-6-10)7-8-16/h3-6H,2,7H2,1H3,(H,17,20). The van der Waals surface area contributed by atoms with Crippen molar-refractivity contribution in [3.8, 4) is 11.8 Å². The molecular formula is C14H12ClN3O2. The quantitative estimate of drug-likeness (QED) is 0.875. The summed E-state index contributed by atoms with van der Waals surface area (Å²) in [5, 5.41) is 8.70. The summed E-state index contributed by atoms with van der Waals surface area (Å²) < 4.78 is 1.04. The van der Waals surface area contributed by atoms with Gasteiger partial charge < -0.3 is 0 Å². The van der Waals surface area contributed by atoms with E-state index < -0.39 is 11.2 Å². The van der Waals surface area contributed by atoms with Crippen molar-refractivity contribution in [2.75, 3.05) is 0 Å². The average molecular weight is 290 g/mol. The summed E-state index contributed by atoms with van der Waals surface area (Å²) >= 11 is 5.86. The maximum absolute atomic E-state index is 12.3. The Hall–Kier alpha value is -2.32. The van der Waals surface area contributed by atoms with Gasteiger partial charge in [0.1, 0.15) is 5.15 Å². The average Bonchev–Trinajstić information content (AvgIpc) is 2.41. The summed E-state index contributed by atoms with van der Waals surface area (Å²) in [7, 11) is 0. The van der Waals surface area contributed by atoms with E-state index in [1.165, 1.54) is 0 Å². The highest BCUT2D eigenvalue weighted by atomic mass is 35.5. The number of hydrogen-bond acceptors (Lipinski definition) is 3. The molecule has 0 aliphatic rings. The first-order valence-electron chi connectivity index (χ1n) is 6.08. The van der Waals surface area contributed by atoms with Crippen LogP contribution in [-0.2, 0) is 12.8 Å². The largest absolute Gasteiger partial charge is 0.334 e. The van der Waals surface area contributed by atoms with Gasteiger partial charge in [-0.25, -0.2) is 9.36 Å². The van der Waals surface area contributed by atoms with Gasteiger partial charge in [0, 0.05) is 0 Å². The maximum Gasteiger partial charge on any atom is 0.334 e. The van der Waals surface area contributed by atoms with E-state index >= 15 is 0 Å².